The largest absolute Gasteiger partial charge is 0.335 e. The van der Waals surface area contributed by atoms with Gasteiger partial charge in [0.05, 0.1) is 16.9 Å². The van der Waals surface area contributed by atoms with Crippen LogP contribution in [0.4, 0.5) is 28.4 Å². The summed E-state index contributed by atoms with van der Waals surface area (Å²) in [4.78, 5) is 5.38. The van der Waals surface area contributed by atoms with Crippen LogP contribution in [0.25, 0.3) is 27.8 Å². The molecule has 4 heteroatoms. The number of nitrogens with zero attached hydrogens (tertiary/aromatic N) is 3. The van der Waals surface area contributed by atoms with E-state index in [4.69, 9.17) is 0 Å². The Morgan fingerprint density at radius 2 is 1.19 bits per heavy atom. The summed E-state index contributed by atoms with van der Waals surface area (Å²) in [6, 6.07) is 51.6. The monoisotopic (exact) mass is 755 g/mol. The number of hydrogen-bond acceptors (Lipinski definition) is 2. The molecule has 1 aliphatic carbocycles. The topological polar surface area (TPSA) is 11.4 Å². The molecule has 58 heavy (non-hydrogen) atoms. The van der Waals surface area contributed by atoms with Crippen molar-refractivity contribution in [2.45, 2.75) is 103 Å². The van der Waals surface area contributed by atoms with E-state index in [1.807, 2.05) is 0 Å². The molecule has 0 spiro atoms. The second-order valence-electron chi connectivity index (χ2n) is 20.2. The summed E-state index contributed by atoms with van der Waals surface area (Å²) in [5.41, 5.74) is 20.1. The van der Waals surface area contributed by atoms with E-state index in [0.717, 1.165) is 0 Å². The highest BCUT2D eigenvalue weighted by atomic mass is 15.3. The van der Waals surface area contributed by atoms with E-state index in [-0.39, 0.29) is 28.5 Å². The number of rotatable bonds is 4. The van der Waals surface area contributed by atoms with E-state index in [9.17, 15) is 0 Å². The van der Waals surface area contributed by atoms with E-state index < -0.39 is 0 Å². The third kappa shape index (κ3) is 4.81. The maximum atomic E-state index is 2.86. The van der Waals surface area contributed by atoms with Gasteiger partial charge in [0.25, 0.3) is 6.71 Å². The molecule has 0 saturated heterocycles. The molecule has 3 aliphatic heterocycles. The zero-order valence-corrected chi connectivity index (χ0v) is 35.4. The van der Waals surface area contributed by atoms with Gasteiger partial charge in [-0.05, 0) is 112 Å². The van der Waals surface area contributed by atoms with Crippen LogP contribution < -0.4 is 26.2 Å². The van der Waals surface area contributed by atoms with Crippen molar-refractivity contribution in [1.82, 2.24) is 4.57 Å². The smallest absolute Gasteiger partial charge is 0.252 e. The van der Waals surface area contributed by atoms with Crippen LogP contribution in [-0.4, -0.2) is 16.8 Å². The highest BCUT2D eigenvalue weighted by molar-refractivity contribution is 7.00. The molecular weight excluding hydrogens is 701 g/mol. The molecule has 0 bridgehead atoms. The molecule has 0 radical (unpaired) electrons. The summed E-state index contributed by atoms with van der Waals surface area (Å²) in [6.07, 6.45) is 4.92. The van der Waals surface area contributed by atoms with Crippen LogP contribution in [0, 0.1) is 0 Å². The van der Waals surface area contributed by atoms with Crippen molar-refractivity contribution in [3.63, 3.8) is 0 Å². The summed E-state index contributed by atoms with van der Waals surface area (Å²) in [7, 11) is 0. The maximum Gasteiger partial charge on any atom is 0.252 e. The number of hydrogen-bond donors (Lipinski definition) is 0. The molecule has 4 heterocycles. The van der Waals surface area contributed by atoms with E-state index >= 15 is 0 Å². The number of aromatic nitrogens is 1. The van der Waals surface area contributed by atoms with Gasteiger partial charge < -0.3 is 14.4 Å². The Labute approximate surface area is 345 Å². The van der Waals surface area contributed by atoms with Crippen molar-refractivity contribution < 1.29 is 0 Å². The summed E-state index contributed by atoms with van der Waals surface area (Å²) in [5.74, 6) is 0. The fourth-order valence-corrected chi connectivity index (χ4v) is 11.5. The van der Waals surface area contributed by atoms with Crippen LogP contribution in [0.2, 0.25) is 0 Å². The van der Waals surface area contributed by atoms with Gasteiger partial charge in [-0.15, -0.1) is 0 Å². The summed E-state index contributed by atoms with van der Waals surface area (Å²) in [6.45, 7) is 19.1. The lowest BCUT2D eigenvalue weighted by molar-refractivity contribution is 0.195. The Balaban J connectivity index is 1.25. The van der Waals surface area contributed by atoms with Gasteiger partial charge in [0.2, 0.25) is 0 Å². The van der Waals surface area contributed by atoms with Crippen molar-refractivity contribution in [3.05, 3.63) is 150 Å². The van der Waals surface area contributed by atoms with Gasteiger partial charge in [-0.2, -0.15) is 0 Å². The second kappa shape index (κ2) is 12.0. The average Bonchev–Trinajstić information content (AvgIpc) is 3.70. The van der Waals surface area contributed by atoms with Crippen molar-refractivity contribution in [2.24, 2.45) is 0 Å². The fraction of sp³-hybridized carbons (Fsp3) is 0.296. The zero-order valence-electron chi connectivity index (χ0n) is 35.4. The zero-order chi connectivity index (χ0) is 39.9. The molecule has 2 atom stereocenters. The van der Waals surface area contributed by atoms with Crippen LogP contribution in [0.5, 0.6) is 0 Å². The molecular formula is C54H54BN3. The first kappa shape index (κ1) is 35.7. The predicted octanol–water partition coefficient (Wildman–Crippen LogP) is 12.2. The van der Waals surface area contributed by atoms with Crippen LogP contribution in [0.1, 0.15) is 97.8 Å². The molecule has 6 aromatic carbocycles. The van der Waals surface area contributed by atoms with Gasteiger partial charge in [0, 0.05) is 44.8 Å². The van der Waals surface area contributed by atoms with Gasteiger partial charge in [-0.1, -0.05) is 152 Å². The number of para-hydroxylation sites is 2. The lowest BCUT2D eigenvalue weighted by Gasteiger charge is -2.52. The van der Waals surface area contributed by atoms with Crippen molar-refractivity contribution >= 4 is 62.4 Å². The second-order valence-corrected chi connectivity index (χ2v) is 20.2. The molecule has 1 saturated carbocycles. The van der Waals surface area contributed by atoms with Crippen LogP contribution >= 0.6 is 0 Å². The minimum atomic E-state index is -0.0557. The highest BCUT2D eigenvalue weighted by Gasteiger charge is 2.61. The molecule has 7 aromatic rings. The standard InChI is InChI=1S/C54H54BN3/c1-51(2,3)37-22-26-39(27-23-37)56(40-28-24-38(25-29-40)52(4,5)6)41-33-46-48-47(34-41)58-50-42(53(7)30-12-13-31-54(53,58)8)19-15-21-44(50)55(48)43-20-14-18-36-32-45(57(46)49(36)43)35-16-10-9-11-17-35/h9-11,14-29,32-34H,12-13,30-31H2,1-8H3. The van der Waals surface area contributed by atoms with Gasteiger partial charge >= 0.3 is 0 Å². The van der Waals surface area contributed by atoms with E-state index in [0.29, 0.717) is 0 Å². The van der Waals surface area contributed by atoms with Crippen LogP contribution in [0.3, 0.4) is 0 Å². The Morgan fingerprint density at radius 1 is 0.586 bits per heavy atom. The maximum absolute atomic E-state index is 2.86. The first-order valence-corrected chi connectivity index (χ1v) is 21.6. The third-order valence-electron chi connectivity index (χ3n) is 14.8. The van der Waals surface area contributed by atoms with Crippen molar-refractivity contribution in [1.29, 1.82) is 0 Å². The first-order valence-electron chi connectivity index (χ1n) is 21.6. The van der Waals surface area contributed by atoms with Crippen molar-refractivity contribution in [2.75, 3.05) is 9.80 Å². The number of anilines is 5. The van der Waals surface area contributed by atoms with Crippen LogP contribution in [0.15, 0.2) is 133 Å². The summed E-state index contributed by atoms with van der Waals surface area (Å²) in [5, 5.41) is 1.30. The van der Waals surface area contributed by atoms with E-state index in [1.165, 1.54) is 115 Å². The quantitative estimate of drug-likeness (QED) is 0.166. The number of benzene rings is 6. The van der Waals surface area contributed by atoms with E-state index in [2.05, 4.69) is 203 Å². The lowest BCUT2D eigenvalue weighted by atomic mass is 9.33. The molecule has 0 N–H and O–H groups in total. The summed E-state index contributed by atoms with van der Waals surface area (Å²) >= 11 is 0. The fourth-order valence-electron chi connectivity index (χ4n) is 11.5. The van der Waals surface area contributed by atoms with Gasteiger partial charge in [0.1, 0.15) is 0 Å². The molecule has 1 aromatic heterocycles. The summed E-state index contributed by atoms with van der Waals surface area (Å²) < 4.78 is 2.62. The Hall–Kier alpha value is -5.48. The SMILES string of the molecule is CC(C)(C)c1ccc(N(c2ccc(C(C)(C)C)cc2)c2cc3c4c(c2)-n2c(-c5ccccc5)cc5cccc(c52)B4c2cccc4c2N3C2(C)CCCCC42C)cc1. The first-order chi connectivity index (χ1) is 27.8. The average molecular weight is 756 g/mol. The molecule has 11 rings (SSSR count). The molecule has 1 fully saturated rings. The number of fused-ring (bicyclic) bond motifs is 7. The van der Waals surface area contributed by atoms with Gasteiger partial charge in [-0.25, -0.2) is 0 Å². The molecule has 288 valence electrons. The predicted molar refractivity (Wildman–Crippen MR) is 248 cm³/mol. The Kier molecular flexibility index (Phi) is 7.40. The molecule has 2 unspecified atom stereocenters. The molecule has 4 aliphatic rings. The normalized spacial score (nSPS) is 20.2. The van der Waals surface area contributed by atoms with Gasteiger partial charge in [-0.3, -0.25) is 0 Å². The highest BCUT2D eigenvalue weighted by Crippen LogP contribution is 2.61. The minimum Gasteiger partial charge on any atom is -0.335 e. The lowest BCUT2D eigenvalue weighted by Crippen LogP contribution is -2.64. The molecule has 3 nitrogen and oxygen atoms in total. The van der Waals surface area contributed by atoms with Crippen LogP contribution in [-0.2, 0) is 16.2 Å². The van der Waals surface area contributed by atoms with Crippen molar-refractivity contribution in [3.8, 4) is 16.9 Å². The third-order valence-corrected chi connectivity index (χ3v) is 14.8. The van der Waals surface area contributed by atoms with E-state index in [1.54, 1.807) is 0 Å². The van der Waals surface area contributed by atoms with Gasteiger partial charge in [0.15, 0.2) is 0 Å². The minimum absolute atomic E-state index is 0.0504. The Bertz CT molecular complexity index is 2720. The molecule has 0 amide bonds. The Morgan fingerprint density at radius 3 is 1.84 bits per heavy atom.